The van der Waals surface area contributed by atoms with Gasteiger partial charge >= 0.3 is 6.09 Å². The Morgan fingerprint density at radius 2 is 2.15 bits per heavy atom. The highest BCUT2D eigenvalue weighted by Gasteiger charge is 2.26. The molecule has 1 saturated carbocycles. The maximum absolute atomic E-state index is 12.3. The molecule has 26 heavy (non-hydrogen) atoms. The lowest BCUT2D eigenvalue weighted by atomic mass is 10.1. The highest BCUT2D eigenvalue weighted by atomic mass is 16.6. The van der Waals surface area contributed by atoms with Gasteiger partial charge in [-0.25, -0.2) is 9.78 Å². The number of carbonyl (C=O) groups is 1. The van der Waals surface area contributed by atoms with E-state index in [9.17, 15) is 9.59 Å². The second-order valence-corrected chi connectivity index (χ2v) is 8.62. The van der Waals surface area contributed by atoms with Gasteiger partial charge in [0.1, 0.15) is 11.4 Å². The summed E-state index contributed by atoms with van der Waals surface area (Å²) < 4.78 is 5.30. The van der Waals surface area contributed by atoms with E-state index in [1.807, 2.05) is 27.7 Å². The first-order valence-corrected chi connectivity index (χ1v) is 9.52. The van der Waals surface area contributed by atoms with Crippen LogP contribution in [0.5, 0.6) is 0 Å². The Morgan fingerprint density at radius 1 is 1.42 bits per heavy atom. The van der Waals surface area contributed by atoms with Crippen LogP contribution in [0, 0.1) is 5.92 Å². The molecule has 1 atom stereocenters. The molecule has 0 spiro atoms. The van der Waals surface area contributed by atoms with Crippen molar-refractivity contribution in [3.8, 4) is 0 Å². The fourth-order valence-corrected chi connectivity index (χ4v) is 3.33. The smallest absolute Gasteiger partial charge is 0.407 e. The van der Waals surface area contributed by atoms with Crippen LogP contribution in [0.3, 0.4) is 0 Å². The summed E-state index contributed by atoms with van der Waals surface area (Å²) in [6.45, 7) is 9.65. The molecule has 1 unspecified atom stereocenters. The molecule has 7 nitrogen and oxygen atoms in total. The minimum atomic E-state index is -0.503. The van der Waals surface area contributed by atoms with Crippen LogP contribution in [-0.2, 0) is 24.1 Å². The van der Waals surface area contributed by atoms with Crippen LogP contribution in [0.1, 0.15) is 57.6 Å². The minimum Gasteiger partial charge on any atom is -0.444 e. The number of hydrogen-bond donors (Lipinski definition) is 2. The molecular weight excluding hydrogens is 332 g/mol. The summed E-state index contributed by atoms with van der Waals surface area (Å²) in [4.78, 5) is 34.1. The van der Waals surface area contributed by atoms with Gasteiger partial charge in [0, 0.05) is 37.7 Å². The third-order valence-corrected chi connectivity index (χ3v) is 4.68. The minimum absolute atomic E-state index is 0.0187. The number of nitrogens with one attached hydrogen (secondary N) is 2. The first kappa shape index (κ1) is 18.9. The Kier molecular flexibility index (Phi) is 5.37. The van der Waals surface area contributed by atoms with Crippen molar-refractivity contribution in [1.82, 2.24) is 20.2 Å². The molecule has 0 aromatic carbocycles. The molecule has 1 aromatic heterocycles. The second kappa shape index (κ2) is 7.39. The lowest BCUT2D eigenvalue weighted by molar-refractivity contribution is 0.0495. The molecule has 0 bridgehead atoms. The highest BCUT2D eigenvalue weighted by Crippen LogP contribution is 2.31. The number of aromatic amines is 1. The molecule has 2 N–H and O–H groups in total. The zero-order valence-corrected chi connectivity index (χ0v) is 16.2. The van der Waals surface area contributed by atoms with Crippen molar-refractivity contribution in [2.45, 2.75) is 71.6 Å². The number of rotatable bonds is 5. The average molecular weight is 362 g/mol. The molecule has 144 valence electrons. The predicted octanol–water partition coefficient (Wildman–Crippen LogP) is 1.99. The van der Waals surface area contributed by atoms with E-state index in [4.69, 9.17) is 9.72 Å². The first-order chi connectivity index (χ1) is 12.2. The van der Waals surface area contributed by atoms with Gasteiger partial charge in [-0.1, -0.05) is 0 Å². The second-order valence-electron chi connectivity index (χ2n) is 8.62. The van der Waals surface area contributed by atoms with Crippen molar-refractivity contribution in [1.29, 1.82) is 0 Å². The van der Waals surface area contributed by atoms with Gasteiger partial charge in [0.15, 0.2) is 0 Å². The molecule has 2 heterocycles. The number of hydrogen-bond acceptors (Lipinski definition) is 5. The normalized spacial score (nSPS) is 18.9. The van der Waals surface area contributed by atoms with Crippen molar-refractivity contribution in [2.24, 2.45) is 5.92 Å². The van der Waals surface area contributed by atoms with Crippen LogP contribution < -0.4 is 10.9 Å². The van der Waals surface area contributed by atoms with Gasteiger partial charge in [-0.15, -0.1) is 0 Å². The quantitative estimate of drug-likeness (QED) is 0.836. The zero-order chi connectivity index (χ0) is 18.9. The number of aromatic nitrogens is 2. The first-order valence-electron chi connectivity index (χ1n) is 9.52. The van der Waals surface area contributed by atoms with E-state index in [1.165, 1.54) is 12.8 Å². The van der Waals surface area contributed by atoms with Gasteiger partial charge in [0.25, 0.3) is 5.56 Å². The molecule has 1 aliphatic heterocycles. The van der Waals surface area contributed by atoms with E-state index in [1.54, 1.807) is 0 Å². The van der Waals surface area contributed by atoms with Gasteiger partial charge in [-0.2, -0.15) is 0 Å². The van der Waals surface area contributed by atoms with E-state index in [2.05, 4.69) is 15.2 Å². The molecule has 7 heteroatoms. The third kappa shape index (κ3) is 5.30. The van der Waals surface area contributed by atoms with Crippen molar-refractivity contribution >= 4 is 6.09 Å². The van der Waals surface area contributed by atoms with E-state index in [0.717, 1.165) is 30.0 Å². The molecule has 0 saturated heterocycles. The largest absolute Gasteiger partial charge is 0.444 e. The monoisotopic (exact) mass is 362 g/mol. The van der Waals surface area contributed by atoms with Crippen LogP contribution >= 0.6 is 0 Å². The van der Waals surface area contributed by atoms with Crippen LogP contribution in [0.15, 0.2) is 4.79 Å². The van der Waals surface area contributed by atoms with Gasteiger partial charge in [-0.3, -0.25) is 9.69 Å². The number of ether oxygens (including phenoxy) is 1. The molecular formula is C19H30N4O3. The van der Waals surface area contributed by atoms with Crippen molar-refractivity contribution in [2.75, 3.05) is 13.1 Å². The van der Waals surface area contributed by atoms with Crippen molar-refractivity contribution < 1.29 is 9.53 Å². The summed E-state index contributed by atoms with van der Waals surface area (Å²) in [7, 11) is 0. The number of alkyl carbamates (subject to hydrolysis) is 1. The number of nitrogens with zero attached hydrogens (tertiary/aromatic N) is 2. The van der Waals surface area contributed by atoms with Gasteiger partial charge in [0.2, 0.25) is 0 Å². The zero-order valence-electron chi connectivity index (χ0n) is 16.2. The maximum atomic E-state index is 12.3. The Labute approximate surface area is 154 Å². The molecule has 0 radical (unpaired) electrons. The SMILES string of the molecule is CC(CN1CCc2c(nc(CC3CC3)[nH]c2=O)C1)NC(=O)OC(C)(C)C. The summed E-state index contributed by atoms with van der Waals surface area (Å²) >= 11 is 0. The van der Waals surface area contributed by atoms with Gasteiger partial charge < -0.3 is 15.0 Å². The lowest BCUT2D eigenvalue weighted by Crippen LogP contribution is -2.46. The Bertz CT molecular complexity index is 718. The highest BCUT2D eigenvalue weighted by molar-refractivity contribution is 5.68. The number of H-pyrrole nitrogens is 1. The lowest BCUT2D eigenvalue weighted by Gasteiger charge is -2.30. The summed E-state index contributed by atoms with van der Waals surface area (Å²) in [5.41, 5.74) is 1.22. The van der Waals surface area contributed by atoms with Crippen molar-refractivity contribution in [3.05, 3.63) is 27.4 Å². The maximum Gasteiger partial charge on any atom is 0.407 e. The van der Waals surface area contributed by atoms with Crippen LogP contribution in [-0.4, -0.2) is 45.7 Å². The Balaban J connectivity index is 1.58. The average Bonchev–Trinajstić information content (AvgIpc) is 3.28. The van der Waals surface area contributed by atoms with E-state index < -0.39 is 11.7 Å². The van der Waals surface area contributed by atoms with Crippen LogP contribution in [0.4, 0.5) is 4.79 Å². The fourth-order valence-electron chi connectivity index (χ4n) is 3.33. The summed E-state index contributed by atoms with van der Waals surface area (Å²) in [6, 6.07) is -0.0423. The fraction of sp³-hybridized carbons (Fsp3) is 0.737. The van der Waals surface area contributed by atoms with E-state index >= 15 is 0 Å². The topological polar surface area (TPSA) is 87.3 Å². The van der Waals surface area contributed by atoms with Crippen LogP contribution in [0.25, 0.3) is 0 Å². The number of carbonyl (C=O) groups excluding carboxylic acids is 1. The summed E-state index contributed by atoms with van der Waals surface area (Å²) in [6.07, 6.45) is 3.64. The molecule has 2 aliphatic rings. The summed E-state index contributed by atoms with van der Waals surface area (Å²) in [5.74, 6) is 1.51. The molecule has 1 fully saturated rings. The molecule has 1 aromatic rings. The third-order valence-electron chi connectivity index (χ3n) is 4.68. The molecule has 1 aliphatic carbocycles. The predicted molar refractivity (Wildman–Crippen MR) is 99.1 cm³/mol. The number of amides is 1. The standard InChI is InChI=1S/C19H30N4O3/c1-12(20-18(25)26-19(2,3)4)10-23-8-7-14-15(11-23)21-16(22-17(14)24)9-13-5-6-13/h12-13H,5-11H2,1-4H3,(H,20,25)(H,21,22,24). The van der Waals surface area contributed by atoms with E-state index in [0.29, 0.717) is 25.4 Å². The van der Waals surface area contributed by atoms with E-state index in [-0.39, 0.29) is 11.6 Å². The Hall–Kier alpha value is -1.89. The van der Waals surface area contributed by atoms with Gasteiger partial charge in [-0.05, 0) is 52.9 Å². The van der Waals surface area contributed by atoms with Gasteiger partial charge in [0.05, 0.1) is 5.69 Å². The molecule has 1 amide bonds. The molecule has 3 rings (SSSR count). The summed E-state index contributed by atoms with van der Waals surface area (Å²) in [5, 5.41) is 2.87. The number of fused-ring (bicyclic) bond motifs is 1. The van der Waals surface area contributed by atoms with Crippen LogP contribution in [0.2, 0.25) is 0 Å². The Morgan fingerprint density at radius 3 is 2.81 bits per heavy atom. The van der Waals surface area contributed by atoms with Crippen molar-refractivity contribution in [3.63, 3.8) is 0 Å².